The van der Waals surface area contributed by atoms with E-state index in [2.05, 4.69) is 28.9 Å². The van der Waals surface area contributed by atoms with Crippen LogP contribution in [0.25, 0.3) is 0 Å². The zero-order valence-corrected chi connectivity index (χ0v) is 14.8. The number of aromatic nitrogens is 2. The lowest BCUT2D eigenvalue weighted by molar-refractivity contribution is -0.136. The summed E-state index contributed by atoms with van der Waals surface area (Å²) in [7, 11) is 3.39. The SMILES string of the molecule is COC(C)c1noc(CN(C)C(=O)C2CCN(C(C)C)CC2)n1. The van der Waals surface area contributed by atoms with E-state index in [9.17, 15) is 4.79 Å². The molecule has 7 heteroatoms. The Labute approximate surface area is 138 Å². The van der Waals surface area contributed by atoms with E-state index < -0.39 is 0 Å². The third-order valence-electron chi connectivity index (χ3n) is 4.56. The van der Waals surface area contributed by atoms with Crippen molar-refractivity contribution in [2.45, 2.75) is 52.3 Å². The third kappa shape index (κ3) is 4.51. The number of hydrogen-bond acceptors (Lipinski definition) is 6. The van der Waals surface area contributed by atoms with Gasteiger partial charge in [0.15, 0.2) is 5.82 Å². The van der Waals surface area contributed by atoms with Gasteiger partial charge in [-0.15, -0.1) is 0 Å². The Kier molecular flexibility index (Phi) is 6.12. The van der Waals surface area contributed by atoms with Crippen LogP contribution in [0.1, 0.15) is 51.4 Å². The summed E-state index contributed by atoms with van der Waals surface area (Å²) in [5.41, 5.74) is 0. The van der Waals surface area contributed by atoms with E-state index in [4.69, 9.17) is 9.26 Å². The minimum atomic E-state index is -0.214. The lowest BCUT2D eigenvalue weighted by Gasteiger charge is -2.35. The van der Waals surface area contributed by atoms with Crippen LogP contribution >= 0.6 is 0 Å². The van der Waals surface area contributed by atoms with Gasteiger partial charge in [0, 0.05) is 26.1 Å². The Morgan fingerprint density at radius 3 is 2.61 bits per heavy atom. The standard InChI is InChI=1S/C16H28N4O3/c1-11(2)20-8-6-13(7-9-20)16(21)19(4)10-14-17-15(18-23-14)12(3)22-5/h11-13H,6-10H2,1-5H3. The van der Waals surface area contributed by atoms with Gasteiger partial charge in [0.1, 0.15) is 6.10 Å². The number of hydrogen-bond donors (Lipinski definition) is 0. The number of rotatable bonds is 6. The Bertz CT molecular complexity index is 509. The molecule has 1 atom stereocenters. The first-order chi connectivity index (χ1) is 10.9. The molecule has 130 valence electrons. The molecule has 23 heavy (non-hydrogen) atoms. The topological polar surface area (TPSA) is 71.7 Å². The fraction of sp³-hybridized carbons (Fsp3) is 0.812. The first-order valence-electron chi connectivity index (χ1n) is 8.26. The van der Waals surface area contributed by atoms with Crippen LogP contribution in [0.3, 0.4) is 0 Å². The molecular formula is C16H28N4O3. The fourth-order valence-corrected chi connectivity index (χ4v) is 2.86. The molecule has 1 aromatic heterocycles. The molecule has 0 saturated carbocycles. The molecule has 1 aliphatic heterocycles. The van der Waals surface area contributed by atoms with Crippen LogP contribution in [0.5, 0.6) is 0 Å². The summed E-state index contributed by atoms with van der Waals surface area (Å²) < 4.78 is 10.4. The number of ether oxygens (including phenoxy) is 1. The van der Waals surface area contributed by atoms with Gasteiger partial charge < -0.3 is 19.1 Å². The number of amides is 1. The molecule has 7 nitrogen and oxygen atoms in total. The van der Waals surface area contributed by atoms with Crippen molar-refractivity contribution in [2.24, 2.45) is 5.92 Å². The van der Waals surface area contributed by atoms with Crippen LogP contribution in [-0.4, -0.2) is 59.1 Å². The number of carbonyl (C=O) groups is 1. The highest BCUT2D eigenvalue weighted by atomic mass is 16.5. The normalized spacial score (nSPS) is 18.3. The average molecular weight is 324 g/mol. The van der Waals surface area contributed by atoms with E-state index in [0.717, 1.165) is 25.9 Å². The Morgan fingerprint density at radius 2 is 2.04 bits per heavy atom. The minimum absolute atomic E-state index is 0.0929. The molecule has 1 aromatic rings. The van der Waals surface area contributed by atoms with Crippen molar-refractivity contribution in [3.63, 3.8) is 0 Å². The van der Waals surface area contributed by atoms with Crippen molar-refractivity contribution < 1.29 is 14.1 Å². The maximum Gasteiger partial charge on any atom is 0.246 e. The average Bonchev–Trinajstić information content (AvgIpc) is 3.01. The van der Waals surface area contributed by atoms with Gasteiger partial charge in [0.25, 0.3) is 0 Å². The van der Waals surface area contributed by atoms with Crippen LogP contribution in [0.15, 0.2) is 4.52 Å². The van der Waals surface area contributed by atoms with Gasteiger partial charge in [-0.25, -0.2) is 0 Å². The predicted molar refractivity (Wildman–Crippen MR) is 85.6 cm³/mol. The molecule has 0 aromatic carbocycles. The summed E-state index contributed by atoms with van der Waals surface area (Å²) in [5.74, 6) is 1.20. The molecule has 1 saturated heterocycles. The van der Waals surface area contributed by atoms with Gasteiger partial charge in [-0.1, -0.05) is 5.16 Å². The first-order valence-corrected chi connectivity index (χ1v) is 8.26. The second kappa shape index (κ2) is 7.88. The molecule has 1 aliphatic rings. The lowest BCUT2D eigenvalue weighted by atomic mass is 9.94. The van der Waals surface area contributed by atoms with E-state index in [1.165, 1.54) is 0 Å². The maximum atomic E-state index is 12.6. The monoisotopic (exact) mass is 324 g/mol. The van der Waals surface area contributed by atoms with Gasteiger partial charge in [0.2, 0.25) is 11.8 Å². The summed E-state index contributed by atoms with van der Waals surface area (Å²) >= 11 is 0. The molecule has 1 amide bonds. The van der Waals surface area contributed by atoms with Crippen LogP contribution in [0, 0.1) is 5.92 Å². The van der Waals surface area contributed by atoms with Crippen molar-refractivity contribution in [1.29, 1.82) is 0 Å². The summed E-state index contributed by atoms with van der Waals surface area (Å²) in [6.45, 7) is 8.56. The highest BCUT2D eigenvalue weighted by Gasteiger charge is 2.28. The van der Waals surface area contributed by atoms with Gasteiger partial charge in [-0.2, -0.15) is 4.98 Å². The first kappa shape index (κ1) is 17.9. The van der Waals surface area contributed by atoms with E-state index in [1.54, 1.807) is 19.1 Å². The summed E-state index contributed by atoms with van der Waals surface area (Å²) in [6, 6.07) is 0.545. The molecule has 2 heterocycles. The van der Waals surface area contributed by atoms with Crippen LogP contribution in [0.4, 0.5) is 0 Å². The largest absolute Gasteiger partial charge is 0.374 e. The van der Waals surface area contributed by atoms with Crippen molar-refractivity contribution in [3.05, 3.63) is 11.7 Å². The van der Waals surface area contributed by atoms with Gasteiger partial charge in [-0.3, -0.25) is 4.79 Å². The number of likely N-dealkylation sites (tertiary alicyclic amines) is 1. The Hall–Kier alpha value is -1.47. The highest BCUT2D eigenvalue weighted by molar-refractivity contribution is 5.78. The maximum absolute atomic E-state index is 12.6. The van der Waals surface area contributed by atoms with Crippen molar-refractivity contribution in [2.75, 3.05) is 27.2 Å². The van der Waals surface area contributed by atoms with Crippen molar-refractivity contribution in [1.82, 2.24) is 19.9 Å². The number of methoxy groups -OCH3 is 1. The molecule has 1 fully saturated rings. The van der Waals surface area contributed by atoms with E-state index in [0.29, 0.717) is 24.3 Å². The van der Waals surface area contributed by atoms with E-state index in [-0.39, 0.29) is 17.9 Å². The number of piperidine rings is 1. The smallest absolute Gasteiger partial charge is 0.246 e. The molecular weight excluding hydrogens is 296 g/mol. The van der Waals surface area contributed by atoms with Crippen molar-refractivity contribution in [3.8, 4) is 0 Å². The Morgan fingerprint density at radius 1 is 1.39 bits per heavy atom. The van der Waals surface area contributed by atoms with Crippen LogP contribution in [-0.2, 0) is 16.1 Å². The zero-order chi connectivity index (χ0) is 17.0. The second-order valence-corrected chi connectivity index (χ2v) is 6.52. The molecule has 2 rings (SSSR count). The lowest BCUT2D eigenvalue weighted by Crippen LogP contribution is -2.43. The van der Waals surface area contributed by atoms with Crippen LogP contribution in [0.2, 0.25) is 0 Å². The second-order valence-electron chi connectivity index (χ2n) is 6.52. The zero-order valence-electron chi connectivity index (χ0n) is 14.8. The van der Waals surface area contributed by atoms with E-state index >= 15 is 0 Å². The fourth-order valence-electron chi connectivity index (χ4n) is 2.86. The van der Waals surface area contributed by atoms with E-state index in [1.807, 2.05) is 6.92 Å². The third-order valence-corrected chi connectivity index (χ3v) is 4.56. The molecule has 0 aliphatic carbocycles. The number of carbonyl (C=O) groups excluding carboxylic acids is 1. The summed E-state index contributed by atoms with van der Waals surface area (Å²) in [6.07, 6.45) is 1.61. The van der Waals surface area contributed by atoms with Gasteiger partial charge in [-0.05, 0) is 46.7 Å². The molecule has 0 radical (unpaired) electrons. The highest BCUT2D eigenvalue weighted by Crippen LogP contribution is 2.21. The molecule has 0 N–H and O–H groups in total. The quantitative estimate of drug-likeness (QED) is 0.795. The minimum Gasteiger partial charge on any atom is -0.374 e. The summed E-state index contributed by atoms with van der Waals surface area (Å²) in [4.78, 5) is 20.9. The Balaban J connectivity index is 1.87. The van der Waals surface area contributed by atoms with Gasteiger partial charge >= 0.3 is 0 Å². The predicted octanol–water partition coefficient (Wildman–Crippen LogP) is 1.86. The molecule has 1 unspecified atom stereocenters. The van der Waals surface area contributed by atoms with Gasteiger partial charge in [0.05, 0.1) is 6.54 Å². The summed E-state index contributed by atoms with van der Waals surface area (Å²) in [5, 5.41) is 3.89. The van der Waals surface area contributed by atoms with Crippen LogP contribution < -0.4 is 0 Å². The van der Waals surface area contributed by atoms with Crippen molar-refractivity contribution >= 4 is 5.91 Å². The molecule has 0 spiro atoms. The molecule has 0 bridgehead atoms. The number of nitrogens with zero attached hydrogens (tertiary/aromatic N) is 4.